The molecule has 136 valence electrons. The van der Waals surface area contributed by atoms with Crippen LogP contribution in [0.25, 0.3) is 0 Å². The maximum Gasteiger partial charge on any atom is 0.231 e. The van der Waals surface area contributed by atoms with Crippen molar-refractivity contribution in [1.29, 1.82) is 0 Å². The van der Waals surface area contributed by atoms with Crippen LogP contribution in [0, 0.1) is 20.8 Å². The predicted octanol–water partition coefficient (Wildman–Crippen LogP) is 2.61. The molecule has 2 aromatic rings. The molecular weight excluding hydrogens is 318 g/mol. The molecule has 1 aliphatic rings. The van der Waals surface area contributed by atoms with Crippen molar-refractivity contribution in [2.75, 3.05) is 26.2 Å². The van der Waals surface area contributed by atoms with Crippen LogP contribution in [0.1, 0.15) is 41.6 Å². The third-order valence-electron chi connectivity index (χ3n) is 4.63. The summed E-state index contributed by atoms with van der Waals surface area (Å²) >= 11 is 0. The normalized spacial score (nSPS) is 19.8. The molecule has 1 aromatic carbocycles. The Balaban J connectivity index is 1.49. The maximum atomic E-state index is 10.4. The fraction of sp³-hybridized carbons (Fsp3) is 0.579. The number of aryl methyl sites for hydroxylation is 3. The summed E-state index contributed by atoms with van der Waals surface area (Å²) in [4.78, 5) is 6.60. The summed E-state index contributed by atoms with van der Waals surface area (Å²) in [6.45, 7) is 8.62. The van der Waals surface area contributed by atoms with Crippen LogP contribution in [0.2, 0.25) is 0 Å². The van der Waals surface area contributed by atoms with Gasteiger partial charge in [-0.2, -0.15) is 4.98 Å². The van der Waals surface area contributed by atoms with E-state index in [9.17, 15) is 5.11 Å². The van der Waals surface area contributed by atoms with Crippen LogP contribution in [0.4, 0.5) is 0 Å². The van der Waals surface area contributed by atoms with E-state index in [1.807, 2.05) is 26.0 Å². The summed E-state index contributed by atoms with van der Waals surface area (Å²) in [5.41, 5.74) is 2.30. The van der Waals surface area contributed by atoms with E-state index >= 15 is 0 Å². The van der Waals surface area contributed by atoms with E-state index < -0.39 is 6.10 Å². The molecular formula is C19H27N3O3. The molecule has 6 nitrogen and oxygen atoms in total. The first kappa shape index (κ1) is 17.9. The van der Waals surface area contributed by atoms with Gasteiger partial charge in [0.2, 0.25) is 5.89 Å². The minimum absolute atomic E-state index is 0.252. The molecule has 0 bridgehead atoms. The van der Waals surface area contributed by atoms with E-state index in [1.54, 1.807) is 0 Å². The molecule has 0 saturated carbocycles. The minimum Gasteiger partial charge on any atom is -0.491 e. The van der Waals surface area contributed by atoms with Crippen LogP contribution >= 0.6 is 0 Å². The van der Waals surface area contributed by atoms with Crippen molar-refractivity contribution in [3.8, 4) is 5.75 Å². The highest BCUT2D eigenvalue weighted by Gasteiger charge is 2.26. The molecule has 2 heterocycles. The van der Waals surface area contributed by atoms with Gasteiger partial charge in [0, 0.05) is 13.1 Å². The van der Waals surface area contributed by atoms with Crippen LogP contribution in [0.5, 0.6) is 5.75 Å². The Morgan fingerprint density at radius 2 is 2.20 bits per heavy atom. The molecule has 2 atom stereocenters. The second kappa shape index (κ2) is 7.97. The van der Waals surface area contributed by atoms with Gasteiger partial charge in [0.1, 0.15) is 18.5 Å². The molecule has 2 unspecified atom stereocenters. The first-order valence-electron chi connectivity index (χ1n) is 8.92. The standard InChI is InChI=1S/C19H27N3O3/c1-13-6-7-18(14(2)9-13)24-12-17(23)11-22-8-4-5-16(10-22)19-20-15(3)21-25-19/h6-7,9,16-17,23H,4-5,8,10-12H2,1-3H3. The Morgan fingerprint density at radius 3 is 2.92 bits per heavy atom. The summed E-state index contributed by atoms with van der Waals surface area (Å²) in [5, 5.41) is 14.2. The third kappa shape index (κ3) is 4.80. The SMILES string of the molecule is Cc1ccc(OCC(O)CN2CCCC(c3nc(C)no3)C2)c(C)c1. The van der Waals surface area contributed by atoms with Gasteiger partial charge in [-0.1, -0.05) is 22.9 Å². The number of ether oxygens (including phenoxy) is 1. The summed E-state index contributed by atoms with van der Waals surface area (Å²) in [6, 6.07) is 6.08. The summed E-state index contributed by atoms with van der Waals surface area (Å²) in [6.07, 6.45) is 1.59. The van der Waals surface area contributed by atoms with Crippen LogP contribution < -0.4 is 4.74 Å². The highest BCUT2D eigenvalue weighted by Crippen LogP contribution is 2.26. The van der Waals surface area contributed by atoms with Crippen molar-refractivity contribution in [3.63, 3.8) is 0 Å². The summed E-state index contributed by atoms with van der Waals surface area (Å²) in [7, 11) is 0. The molecule has 1 aliphatic heterocycles. The lowest BCUT2D eigenvalue weighted by atomic mass is 9.98. The van der Waals surface area contributed by atoms with Gasteiger partial charge >= 0.3 is 0 Å². The zero-order chi connectivity index (χ0) is 17.8. The molecule has 1 fully saturated rings. The number of hydrogen-bond donors (Lipinski definition) is 1. The van der Waals surface area contributed by atoms with Gasteiger partial charge < -0.3 is 14.4 Å². The number of likely N-dealkylation sites (tertiary alicyclic amines) is 1. The fourth-order valence-corrected chi connectivity index (χ4v) is 3.40. The lowest BCUT2D eigenvalue weighted by molar-refractivity contribution is 0.0559. The van der Waals surface area contributed by atoms with Crippen molar-refractivity contribution >= 4 is 0 Å². The van der Waals surface area contributed by atoms with E-state index in [1.165, 1.54) is 5.56 Å². The number of aliphatic hydroxyl groups is 1. The molecule has 25 heavy (non-hydrogen) atoms. The molecule has 3 rings (SSSR count). The van der Waals surface area contributed by atoms with Crippen LogP contribution in [-0.4, -0.2) is 52.5 Å². The molecule has 1 saturated heterocycles. The molecule has 1 aromatic heterocycles. The number of piperidine rings is 1. The Morgan fingerprint density at radius 1 is 1.36 bits per heavy atom. The molecule has 0 spiro atoms. The van der Waals surface area contributed by atoms with E-state index in [0.29, 0.717) is 24.9 Å². The van der Waals surface area contributed by atoms with Crippen molar-refractivity contribution in [3.05, 3.63) is 41.0 Å². The Kier molecular flexibility index (Phi) is 5.71. The number of β-amino-alcohol motifs (C(OH)–C–C–N with tert-alkyl or cyclic N) is 1. The highest BCUT2D eigenvalue weighted by molar-refractivity contribution is 5.35. The van der Waals surface area contributed by atoms with E-state index in [-0.39, 0.29) is 5.92 Å². The number of nitrogens with zero attached hydrogens (tertiary/aromatic N) is 3. The number of rotatable bonds is 6. The van der Waals surface area contributed by atoms with Gasteiger partial charge in [0.15, 0.2) is 5.82 Å². The molecule has 1 N–H and O–H groups in total. The van der Waals surface area contributed by atoms with Gasteiger partial charge in [0.25, 0.3) is 0 Å². The van der Waals surface area contributed by atoms with E-state index in [2.05, 4.69) is 28.0 Å². The van der Waals surface area contributed by atoms with Gasteiger partial charge in [-0.15, -0.1) is 0 Å². The monoisotopic (exact) mass is 345 g/mol. The number of aliphatic hydroxyl groups excluding tert-OH is 1. The zero-order valence-electron chi connectivity index (χ0n) is 15.2. The van der Waals surface area contributed by atoms with Crippen molar-refractivity contribution in [2.45, 2.75) is 45.6 Å². The smallest absolute Gasteiger partial charge is 0.231 e. The van der Waals surface area contributed by atoms with Crippen molar-refractivity contribution < 1.29 is 14.4 Å². The topological polar surface area (TPSA) is 71.6 Å². The van der Waals surface area contributed by atoms with E-state index in [4.69, 9.17) is 9.26 Å². The van der Waals surface area contributed by atoms with Crippen LogP contribution in [0.3, 0.4) is 0 Å². The molecule has 0 amide bonds. The van der Waals surface area contributed by atoms with Crippen molar-refractivity contribution in [2.24, 2.45) is 0 Å². The van der Waals surface area contributed by atoms with Crippen LogP contribution in [0.15, 0.2) is 22.7 Å². The minimum atomic E-state index is -0.524. The Labute approximate surface area is 148 Å². The average molecular weight is 345 g/mol. The number of aromatic nitrogens is 2. The lowest BCUT2D eigenvalue weighted by Crippen LogP contribution is -2.41. The van der Waals surface area contributed by atoms with Gasteiger partial charge in [0.05, 0.1) is 5.92 Å². The predicted molar refractivity (Wildman–Crippen MR) is 94.9 cm³/mol. The van der Waals surface area contributed by atoms with Gasteiger partial charge in [-0.25, -0.2) is 0 Å². The fourth-order valence-electron chi connectivity index (χ4n) is 3.40. The van der Waals surface area contributed by atoms with Gasteiger partial charge in [-0.05, 0) is 51.8 Å². The summed E-state index contributed by atoms with van der Waals surface area (Å²) in [5.74, 6) is 2.47. The first-order valence-corrected chi connectivity index (χ1v) is 8.92. The summed E-state index contributed by atoms with van der Waals surface area (Å²) < 4.78 is 11.1. The Bertz CT molecular complexity index is 701. The number of benzene rings is 1. The highest BCUT2D eigenvalue weighted by atomic mass is 16.5. The average Bonchev–Trinajstić information content (AvgIpc) is 3.01. The van der Waals surface area contributed by atoms with Crippen molar-refractivity contribution in [1.82, 2.24) is 15.0 Å². The van der Waals surface area contributed by atoms with Crippen LogP contribution in [-0.2, 0) is 0 Å². The molecule has 6 heteroatoms. The largest absolute Gasteiger partial charge is 0.491 e. The second-order valence-corrected chi connectivity index (χ2v) is 7.01. The lowest BCUT2D eigenvalue weighted by Gasteiger charge is -2.32. The molecule has 0 radical (unpaired) electrons. The number of hydrogen-bond acceptors (Lipinski definition) is 6. The molecule has 0 aliphatic carbocycles. The third-order valence-corrected chi connectivity index (χ3v) is 4.63. The Hall–Kier alpha value is -1.92. The maximum absolute atomic E-state index is 10.4. The first-order chi connectivity index (χ1) is 12.0. The van der Waals surface area contributed by atoms with Gasteiger partial charge in [-0.3, -0.25) is 4.90 Å². The zero-order valence-corrected chi connectivity index (χ0v) is 15.2. The second-order valence-electron chi connectivity index (χ2n) is 7.01. The van der Waals surface area contributed by atoms with E-state index in [0.717, 1.165) is 37.2 Å². The quantitative estimate of drug-likeness (QED) is 0.868.